The van der Waals surface area contributed by atoms with Gasteiger partial charge in [-0.2, -0.15) is 9.57 Å². The number of nitrogens with zero attached hydrogens (tertiary/aromatic N) is 2. The summed E-state index contributed by atoms with van der Waals surface area (Å²) in [6, 6.07) is 5.93. The summed E-state index contributed by atoms with van der Waals surface area (Å²) in [5.41, 5.74) is -0.102. The maximum absolute atomic E-state index is 13.0. The molecule has 156 valence electrons. The van der Waals surface area contributed by atoms with Gasteiger partial charge in [-0.05, 0) is 51.8 Å². The van der Waals surface area contributed by atoms with E-state index >= 15 is 0 Å². The molecule has 0 aromatic heterocycles. The molecule has 9 heteroatoms. The van der Waals surface area contributed by atoms with Crippen LogP contribution in [0.3, 0.4) is 0 Å². The fourth-order valence-corrected chi connectivity index (χ4v) is 4.38. The molecule has 0 unspecified atom stereocenters. The topological polar surface area (TPSA) is 120 Å². The van der Waals surface area contributed by atoms with Crippen molar-refractivity contribution < 1.29 is 23.1 Å². The average Bonchev–Trinajstić information content (AvgIpc) is 2.65. The molecule has 0 saturated carbocycles. The van der Waals surface area contributed by atoms with Crippen LogP contribution in [-0.4, -0.2) is 55.3 Å². The zero-order valence-electron chi connectivity index (χ0n) is 16.7. The minimum Gasteiger partial charge on any atom is -0.444 e. The summed E-state index contributed by atoms with van der Waals surface area (Å²) < 4.78 is 32.5. The smallest absolute Gasteiger partial charge is 0.407 e. The van der Waals surface area contributed by atoms with E-state index in [2.05, 4.69) is 17.2 Å². The monoisotopic (exact) mass is 419 g/mol. The van der Waals surface area contributed by atoms with Gasteiger partial charge in [0.2, 0.25) is 10.0 Å². The second kappa shape index (κ2) is 9.27. The van der Waals surface area contributed by atoms with Crippen LogP contribution in [0.2, 0.25) is 0 Å². The number of hydrogen-bond acceptors (Lipinski definition) is 6. The zero-order chi connectivity index (χ0) is 21.7. The summed E-state index contributed by atoms with van der Waals surface area (Å²) in [7, 11) is -3.77. The normalized spacial score (nSPS) is 15.7. The molecule has 1 fully saturated rings. The molecule has 1 aliphatic rings. The van der Waals surface area contributed by atoms with Gasteiger partial charge in [0.15, 0.2) is 0 Å². The van der Waals surface area contributed by atoms with Crippen LogP contribution >= 0.6 is 0 Å². The number of hydrogen-bond donors (Lipinski definition) is 2. The Morgan fingerprint density at radius 3 is 2.52 bits per heavy atom. The predicted molar refractivity (Wildman–Crippen MR) is 106 cm³/mol. The Labute approximate surface area is 171 Å². The molecule has 0 radical (unpaired) electrons. The van der Waals surface area contributed by atoms with Crippen LogP contribution in [0, 0.1) is 23.2 Å². The Kier molecular flexibility index (Phi) is 7.26. The number of amides is 1. The zero-order valence-corrected chi connectivity index (χ0v) is 17.5. The van der Waals surface area contributed by atoms with Crippen LogP contribution in [0.15, 0.2) is 23.1 Å². The van der Waals surface area contributed by atoms with E-state index in [0.29, 0.717) is 12.8 Å². The van der Waals surface area contributed by atoms with Gasteiger partial charge in [0.05, 0.1) is 10.5 Å². The molecule has 29 heavy (non-hydrogen) atoms. The number of nitrogens with one attached hydrogen (secondary N) is 1. The molecule has 0 aliphatic carbocycles. The third kappa shape index (κ3) is 6.20. The molecule has 2 rings (SSSR count). The van der Waals surface area contributed by atoms with Gasteiger partial charge in [-0.15, -0.1) is 0 Å². The number of ether oxygens (including phenoxy) is 1. The second-order valence-electron chi connectivity index (χ2n) is 7.60. The summed E-state index contributed by atoms with van der Waals surface area (Å²) in [5, 5.41) is 20.8. The first-order chi connectivity index (χ1) is 13.6. The summed E-state index contributed by atoms with van der Waals surface area (Å²) in [4.78, 5) is 11.9. The Bertz CT molecular complexity index is 957. The maximum atomic E-state index is 13.0. The number of nitriles is 1. The maximum Gasteiger partial charge on any atom is 0.407 e. The van der Waals surface area contributed by atoms with Crippen LogP contribution in [0.4, 0.5) is 4.79 Å². The van der Waals surface area contributed by atoms with Crippen LogP contribution in [0.5, 0.6) is 0 Å². The Morgan fingerprint density at radius 1 is 1.31 bits per heavy atom. The van der Waals surface area contributed by atoms with E-state index in [9.17, 15) is 13.2 Å². The molecule has 2 N–H and O–H groups in total. The molecule has 1 amide bonds. The Morgan fingerprint density at radius 2 is 1.97 bits per heavy atom. The number of aliphatic hydroxyl groups is 1. The minimum atomic E-state index is -3.77. The fourth-order valence-electron chi connectivity index (χ4n) is 2.88. The molecular formula is C20H25N3O5S. The van der Waals surface area contributed by atoms with E-state index in [0.717, 1.165) is 0 Å². The van der Waals surface area contributed by atoms with Gasteiger partial charge in [-0.1, -0.05) is 11.8 Å². The number of carbonyl (C=O) groups is 1. The summed E-state index contributed by atoms with van der Waals surface area (Å²) in [6.45, 7) is 5.44. The molecular weight excluding hydrogens is 394 g/mol. The van der Waals surface area contributed by atoms with Crippen molar-refractivity contribution in [2.24, 2.45) is 0 Å². The standard InChI is InChI=1S/C20H25N3O5S/c1-20(2,3)28-19(25)22-17-8-10-23(11-9-17)29(26,27)18-7-6-16(14-21)15(13-18)5-4-12-24/h6-7,13,17,24H,8-12H2,1-3H3,(H,22,25). The van der Waals surface area contributed by atoms with Crippen LogP contribution in [0.1, 0.15) is 44.7 Å². The highest BCUT2D eigenvalue weighted by molar-refractivity contribution is 7.89. The molecule has 1 aromatic carbocycles. The molecule has 1 aromatic rings. The molecule has 0 bridgehead atoms. The molecule has 1 heterocycles. The molecule has 1 aliphatic heterocycles. The van der Waals surface area contributed by atoms with E-state index < -0.39 is 21.7 Å². The third-order valence-corrected chi connectivity index (χ3v) is 6.12. The number of aliphatic hydroxyl groups excluding tert-OH is 1. The predicted octanol–water partition coefficient (Wildman–Crippen LogP) is 1.58. The Balaban J connectivity index is 2.09. The van der Waals surface area contributed by atoms with Crippen LogP contribution < -0.4 is 5.32 Å². The number of sulfonamides is 1. The van der Waals surface area contributed by atoms with E-state index in [1.807, 2.05) is 6.07 Å². The van der Waals surface area contributed by atoms with Gasteiger partial charge in [-0.25, -0.2) is 13.2 Å². The summed E-state index contributed by atoms with van der Waals surface area (Å²) in [5.74, 6) is 5.04. The van der Waals surface area contributed by atoms with Crippen molar-refractivity contribution >= 4 is 16.1 Å². The fraction of sp³-hybridized carbons (Fsp3) is 0.500. The van der Waals surface area contributed by atoms with Crippen molar-refractivity contribution in [3.05, 3.63) is 29.3 Å². The first kappa shape index (κ1) is 22.7. The van der Waals surface area contributed by atoms with Crippen molar-refractivity contribution in [1.82, 2.24) is 9.62 Å². The van der Waals surface area contributed by atoms with E-state index in [-0.39, 0.29) is 41.8 Å². The molecule has 8 nitrogen and oxygen atoms in total. The van der Waals surface area contributed by atoms with E-state index in [1.54, 1.807) is 20.8 Å². The van der Waals surface area contributed by atoms with Gasteiger partial charge in [0, 0.05) is 24.7 Å². The Hall–Kier alpha value is -2.59. The van der Waals surface area contributed by atoms with Crippen LogP contribution in [0.25, 0.3) is 0 Å². The highest BCUT2D eigenvalue weighted by Gasteiger charge is 2.31. The largest absolute Gasteiger partial charge is 0.444 e. The lowest BCUT2D eigenvalue weighted by Gasteiger charge is -2.32. The molecule has 0 atom stereocenters. The average molecular weight is 420 g/mol. The lowest BCUT2D eigenvalue weighted by molar-refractivity contribution is 0.0489. The first-order valence-electron chi connectivity index (χ1n) is 9.20. The lowest BCUT2D eigenvalue weighted by Crippen LogP contribution is -2.47. The second-order valence-corrected chi connectivity index (χ2v) is 9.54. The highest BCUT2D eigenvalue weighted by atomic mass is 32.2. The summed E-state index contributed by atoms with van der Waals surface area (Å²) >= 11 is 0. The van der Waals surface area contributed by atoms with Gasteiger partial charge in [-0.3, -0.25) is 0 Å². The molecule has 1 saturated heterocycles. The van der Waals surface area contributed by atoms with Gasteiger partial charge >= 0.3 is 6.09 Å². The molecule has 0 spiro atoms. The number of alkyl carbamates (subject to hydrolysis) is 1. The van der Waals surface area contributed by atoms with Crippen molar-refractivity contribution in [1.29, 1.82) is 5.26 Å². The summed E-state index contributed by atoms with van der Waals surface area (Å²) in [6.07, 6.45) is 0.413. The van der Waals surface area contributed by atoms with Crippen molar-refractivity contribution in [3.8, 4) is 17.9 Å². The quantitative estimate of drug-likeness (QED) is 0.718. The lowest BCUT2D eigenvalue weighted by atomic mass is 10.1. The SMILES string of the molecule is CC(C)(C)OC(=O)NC1CCN(S(=O)(=O)c2ccc(C#N)c(C#CCO)c2)CC1. The van der Waals surface area contributed by atoms with E-state index in [1.165, 1.54) is 22.5 Å². The van der Waals surface area contributed by atoms with Crippen molar-refractivity contribution in [2.75, 3.05) is 19.7 Å². The minimum absolute atomic E-state index is 0.0392. The van der Waals surface area contributed by atoms with E-state index in [4.69, 9.17) is 15.1 Å². The van der Waals surface area contributed by atoms with Gasteiger partial charge in [0.25, 0.3) is 0 Å². The van der Waals surface area contributed by atoms with Crippen molar-refractivity contribution in [3.63, 3.8) is 0 Å². The van der Waals surface area contributed by atoms with Gasteiger partial charge < -0.3 is 15.2 Å². The van der Waals surface area contributed by atoms with Crippen molar-refractivity contribution in [2.45, 2.75) is 50.2 Å². The number of carbonyl (C=O) groups excluding carboxylic acids is 1. The van der Waals surface area contributed by atoms with Gasteiger partial charge in [0.1, 0.15) is 18.3 Å². The highest BCUT2D eigenvalue weighted by Crippen LogP contribution is 2.23. The third-order valence-electron chi connectivity index (χ3n) is 4.23. The number of benzene rings is 1. The number of piperidine rings is 1. The first-order valence-corrected chi connectivity index (χ1v) is 10.6. The number of rotatable bonds is 3. The van der Waals surface area contributed by atoms with Crippen LogP contribution in [-0.2, 0) is 14.8 Å².